The van der Waals surface area contributed by atoms with E-state index in [4.69, 9.17) is 14.2 Å². The van der Waals surface area contributed by atoms with Gasteiger partial charge in [0.25, 0.3) is 11.7 Å². The second-order valence-electron chi connectivity index (χ2n) is 8.12. The third kappa shape index (κ3) is 4.17. The van der Waals surface area contributed by atoms with Crippen LogP contribution in [0.2, 0.25) is 0 Å². The van der Waals surface area contributed by atoms with E-state index in [0.717, 1.165) is 19.6 Å². The average molecular weight is 451 g/mol. The Hall–Kier alpha value is -3.43. The van der Waals surface area contributed by atoms with Crippen molar-refractivity contribution in [2.75, 3.05) is 46.2 Å². The molecule has 33 heavy (non-hydrogen) atoms. The molecule has 0 bridgehead atoms. The number of pyridine rings is 1. The van der Waals surface area contributed by atoms with Gasteiger partial charge in [-0.2, -0.15) is 0 Å². The van der Waals surface area contributed by atoms with Gasteiger partial charge in [0.1, 0.15) is 11.8 Å². The van der Waals surface area contributed by atoms with Gasteiger partial charge < -0.3 is 24.2 Å². The van der Waals surface area contributed by atoms with E-state index in [1.54, 1.807) is 42.6 Å². The lowest BCUT2D eigenvalue weighted by molar-refractivity contribution is -0.140. The first-order valence-corrected chi connectivity index (χ1v) is 11.0. The highest BCUT2D eigenvalue weighted by Crippen LogP contribution is 2.40. The molecule has 4 heterocycles. The van der Waals surface area contributed by atoms with Crippen LogP contribution in [-0.4, -0.2) is 77.8 Å². The minimum absolute atomic E-state index is 0.0314. The first-order chi connectivity index (χ1) is 16.1. The monoisotopic (exact) mass is 451 g/mol. The van der Waals surface area contributed by atoms with Crippen molar-refractivity contribution in [1.82, 2.24) is 14.8 Å². The highest BCUT2D eigenvalue weighted by molar-refractivity contribution is 6.46. The summed E-state index contributed by atoms with van der Waals surface area (Å²) >= 11 is 0. The summed E-state index contributed by atoms with van der Waals surface area (Å²) in [5.41, 5.74) is 0.945. The molecule has 0 spiro atoms. The van der Waals surface area contributed by atoms with Crippen LogP contribution in [0.4, 0.5) is 0 Å². The Balaban J connectivity index is 1.46. The number of aromatic nitrogens is 1. The van der Waals surface area contributed by atoms with Gasteiger partial charge in [0.05, 0.1) is 24.5 Å². The number of ether oxygens (including phenoxy) is 3. The molecule has 2 aromatic rings. The van der Waals surface area contributed by atoms with Gasteiger partial charge in [-0.3, -0.25) is 19.5 Å². The summed E-state index contributed by atoms with van der Waals surface area (Å²) in [5.74, 6) is -0.551. The third-order valence-corrected chi connectivity index (χ3v) is 6.13. The average Bonchev–Trinajstić information content (AvgIpc) is 3.42. The topological polar surface area (TPSA) is 101 Å². The quantitative estimate of drug-likeness (QED) is 0.404. The number of morpholine rings is 1. The number of likely N-dealkylation sites (tertiary alicyclic amines) is 1. The summed E-state index contributed by atoms with van der Waals surface area (Å²) in [4.78, 5) is 34.3. The van der Waals surface area contributed by atoms with Crippen LogP contribution in [-0.2, 0) is 14.3 Å². The molecule has 1 aromatic heterocycles. The third-order valence-electron chi connectivity index (χ3n) is 6.13. The lowest BCUT2D eigenvalue weighted by Crippen LogP contribution is -2.39. The molecular formula is C24H25N3O6. The van der Waals surface area contributed by atoms with E-state index in [2.05, 4.69) is 9.88 Å². The number of hydrogen-bond acceptors (Lipinski definition) is 8. The van der Waals surface area contributed by atoms with Gasteiger partial charge >= 0.3 is 0 Å². The Morgan fingerprint density at radius 1 is 1.06 bits per heavy atom. The zero-order valence-electron chi connectivity index (χ0n) is 18.1. The number of Topliss-reactive ketones (excluding diaryl/α,β-unsaturated/α-hetero) is 1. The van der Waals surface area contributed by atoms with E-state index in [1.807, 2.05) is 0 Å². The molecule has 2 saturated heterocycles. The standard InChI is InChI=1S/C24H25N3O6/c28-22(16-5-6-18-19(14-16)33-15-32-18)20-21(17-4-1-2-7-25-17)27(24(30)23(20)29)9-3-8-26-10-12-31-13-11-26/h1-2,4-7,14,21,28H,3,8-13,15H2/b22-20+. The van der Waals surface area contributed by atoms with Gasteiger partial charge in [-0.15, -0.1) is 0 Å². The van der Waals surface area contributed by atoms with Gasteiger partial charge in [-0.1, -0.05) is 6.07 Å². The van der Waals surface area contributed by atoms with Crippen molar-refractivity contribution < 1.29 is 28.9 Å². The van der Waals surface area contributed by atoms with Gasteiger partial charge in [-0.05, 0) is 36.8 Å². The molecule has 3 aliphatic heterocycles. The molecule has 1 aromatic carbocycles. The molecule has 5 rings (SSSR count). The molecule has 172 valence electrons. The number of rotatable bonds is 6. The molecule has 1 N–H and O–H groups in total. The Kier molecular flexibility index (Phi) is 5.97. The zero-order chi connectivity index (χ0) is 22.8. The summed E-state index contributed by atoms with van der Waals surface area (Å²) in [6, 6.07) is 9.50. The predicted molar refractivity (Wildman–Crippen MR) is 118 cm³/mol. The molecule has 9 nitrogen and oxygen atoms in total. The highest BCUT2D eigenvalue weighted by atomic mass is 16.7. The van der Waals surface area contributed by atoms with Crippen LogP contribution in [0.25, 0.3) is 5.76 Å². The van der Waals surface area contributed by atoms with Crippen molar-refractivity contribution in [2.24, 2.45) is 0 Å². The Bertz CT molecular complexity index is 1080. The smallest absolute Gasteiger partial charge is 0.295 e. The fraction of sp³-hybridized carbons (Fsp3) is 0.375. The van der Waals surface area contributed by atoms with Crippen LogP contribution in [0.3, 0.4) is 0 Å². The van der Waals surface area contributed by atoms with Crippen molar-refractivity contribution in [2.45, 2.75) is 12.5 Å². The van der Waals surface area contributed by atoms with E-state index in [9.17, 15) is 14.7 Å². The van der Waals surface area contributed by atoms with Crippen molar-refractivity contribution in [3.63, 3.8) is 0 Å². The number of carbonyl (C=O) groups is 2. The number of carbonyl (C=O) groups excluding carboxylic acids is 2. The lowest BCUT2D eigenvalue weighted by Gasteiger charge is -2.28. The fourth-order valence-corrected chi connectivity index (χ4v) is 4.44. The molecule has 2 fully saturated rings. The first-order valence-electron chi connectivity index (χ1n) is 11.0. The maximum atomic E-state index is 13.1. The number of hydrogen-bond donors (Lipinski definition) is 1. The molecule has 1 unspecified atom stereocenters. The normalized spacial score (nSPS) is 22.2. The Labute approximate surface area is 191 Å². The van der Waals surface area contributed by atoms with Crippen LogP contribution in [0.5, 0.6) is 11.5 Å². The maximum Gasteiger partial charge on any atom is 0.295 e. The summed E-state index contributed by atoms with van der Waals surface area (Å²) in [6.07, 6.45) is 2.31. The summed E-state index contributed by atoms with van der Waals surface area (Å²) in [7, 11) is 0. The van der Waals surface area contributed by atoms with Crippen LogP contribution < -0.4 is 9.47 Å². The first kappa shape index (κ1) is 21.4. The highest BCUT2D eigenvalue weighted by Gasteiger charge is 2.46. The van der Waals surface area contributed by atoms with Crippen LogP contribution in [0.15, 0.2) is 48.2 Å². The van der Waals surface area contributed by atoms with Gasteiger partial charge in [0.15, 0.2) is 11.5 Å². The number of ketones is 1. The molecule has 3 aliphatic rings. The van der Waals surface area contributed by atoms with Crippen LogP contribution in [0, 0.1) is 0 Å². The Morgan fingerprint density at radius 2 is 1.88 bits per heavy atom. The van der Waals surface area contributed by atoms with E-state index < -0.39 is 17.7 Å². The largest absolute Gasteiger partial charge is 0.507 e. The summed E-state index contributed by atoms with van der Waals surface area (Å²) < 4.78 is 16.1. The van der Waals surface area contributed by atoms with Crippen molar-refractivity contribution in [3.05, 3.63) is 59.4 Å². The molecule has 0 saturated carbocycles. The second-order valence-corrected chi connectivity index (χ2v) is 8.12. The SMILES string of the molecule is O=C1C(=O)N(CCCN2CCOCC2)C(c2ccccn2)/C1=C(\O)c1ccc2c(c1)OCO2. The zero-order valence-corrected chi connectivity index (χ0v) is 18.1. The number of amides is 1. The Morgan fingerprint density at radius 3 is 2.67 bits per heavy atom. The fourth-order valence-electron chi connectivity index (χ4n) is 4.44. The molecular weight excluding hydrogens is 426 g/mol. The minimum atomic E-state index is -0.763. The molecule has 1 atom stereocenters. The molecule has 9 heteroatoms. The van der Waals surface area contributed by atoms with E-state index in [1.165, 1.54) is 4.90 Å². The van der Waals surface area contributed by atoms with E-state index in [0.29, 0.717) is 48.9 Å². The summed E-state index contributed by atoms with van der Waals surface area (Å²) in [6.45, 7) is 4.38. The number of aliphatic hydroxyl groups is 1. The summed E-state index contributed by atoms with van der Waals surface area (Å²) in [5, 5.41) is 11.2. The van der Waals surface area contributed by atoms with E-state index >= 15 is 0 Å². The number of benzene rings is 1. The van der Waals surface area contributed by atoms with Gasteiger partial charge in [0.2, 0.25) is 6.79 Å². The lowest BCUT2D eigenvalue weighted by atomic mass is 9.98. The molecule has 0 radical (unpaired) electrons. The number of aliphatic hydroxyl groups excluding tert-OH is 1. The molecule has 1 amide bonds. The van der Waals surface area contributed by atoms with Gasteiger partial charge in [0, 0.05) is 37.9 Å². The van der Waals surface area contributed by atoms with Gasteiger partial charge in [-0.25, -0.2) is 0 Å². The second kappa shape index (κ2) is 9.21. The minimum Gasteiger partial charge on any atom is -0.507 e. The van der Waals surface area contributed by atoms with Crippen molar-refractivity contribution in [1.29, 1.82) is 0 Å². The van der Waals surface area contributed by atoms with Crippen molar-refractivity contribution in [3.8, 4) is 11.5 Å². The number of fused-ring (bicyclic) bond motifs is 1. The van der Waals surface area contributed by atoms with Crippen LogP contribution >= 0.6 is 0 Å². The predicted octanol–water partition coefficient (Wildman–Crippen LogP) is 1.95. The van der Waals surface area contributed by atoms with E-state index in [-0.39, 0.29) is 18.1 Å². The number of nitrogens with zero attached hydrogens (tertiary/aromatic N) is 3. The van der Waals surface area contributed by atoms with Crippen molar-refractivity contribution >= 4 is 17.4 Å². The molecule has 0 aliphatic carbocycles. The maximum absolute atomic E-state index is 13.1. The van der Waals surface area contributed by atoms with Crippen LogP contribution in [0.1, 0.15) is 23.7 Å².